The maximum absolute atomic E-state index is 9.26. The first kappa shape index (κ1) is 12.9. The molecular formula is C14H22N4. The van der Waals surface area contributed by atoms with Crippen LogP contribution in [0.15, 0.2) is 0 Å². The van der Waals surface area contributed by atoms with E-state index in [2.05, 4.69) is 29.9 Å². The van der Waals surface area contributed by atoms with Gasteiger partial charge in [-0.25, -0.2) is 0 Å². The third-order valence-corrected chi connectivity index (χ3v) is 4.43. The van der Waals surface area contributed by atoms with E-state index in [4.69, 9.17) is 0 Å². The van der Waals surface area contributed by atoms with Gasteiger partial charge in [-0.05, 0) is 25.2 Å². The summed E-state index contributed by atoms with van der Waals surface area (Å²) in [4.78, 5) is 2.32. The Balaban J connectivity index is 2.23. The molecule has 2 rings (SSSR count). The summed E-state index contributed by atoms with van der Waals surface area (Å²) in [5, 5.41) is 13.6. The minimum atomic E-state index is 0.469. The van der Waals surface area contributed by atoms with Crippen molar-refractivity contribution in [3.63, 3.8) is 0 Å². The van der Waals surface area contributed by atoms with Crippen molar-refractivity contribution in [3.8, 4) is 6.07 Å². The Bertz CT molecular complexity index is 473. The Kier molecular flexibility index (Phi) is 3.34. The van der Waals surface area contributed by atoms with Crippen LogP contribution in [0.3, 0.4) is 0 Å². The minimum Gasteiger partial charge on any atom is -0.356 e. The van der Waals surface area contributed by atoms with E-state index in [-0.39, 0.29) is 0 Å². The van der Waals surface area contributed by atoms with E-state index in [1.54, 1.807) is 0 Å². The van der Waals surface area contributed by atoms with Gasteiger partial charge < -0.3 is 4.90 Å². The fraction of sp³-hybridized carbons (Fsp3) is 0.714. The lowest BCUT2D eigenvalue weighted by atomic mass is 9.78. The molecule has 0 aliphatic carbocycles. The van der Waals surface area contributed by atoms with Crippen LogP contribution in [-0.2, 0) is 7.05 Å². The second kappa shape index (κ2) is 4.64. The third kappa shape index (κ3) is 2.10. The molecule has 0 N–H and O–H groups in total. The molecule has 4 nitrogen and oxygen atoms in total. The Morgan fingerprint density at radius 1 is 1.39 bits per heavy atom. The summed E-state index contributed by atoms with van der Waals surface area (Å²) in [5.41, 5.74) is 2.04. The van der Waals surface area contributed by atoms with Gasteiger partial charge >= 0.3 is 0 Å². The highest BCUT2D eigenvalue weighted by Gasteiger charge is 2.30. The van der Waals surface area contributed by atoms with Crippen LogP contribution in [0.4, 0.5) is 5.82 Å². The Morgan fingerprint density at radius 2 is 2.00 bits per heavy atom. The molecule has 2 heterocycles. The summed E-state index contributed by atoms with van der Waals surface area (Å²) in [6.07, 6.45) is 3.62. The summed E-state index contributed by atoms with van der Waals surface area (Å²) in [6.45, 7) is 8.59. The summed E-state index contributed by atoms with van der Waals surface area (Å²) >= 11 is 0. The van der Waals surface area contributed by atoms with E-state index in [0.29, 0.717) is 5.41 Å². The first-order valence-electron chi connectivity index (χ1n) is 6.69. The first-order valence-corrected chi connectivity index (χ1v) is 6.69. The molecule has 0 bridgehead atoms. The lowest BCUT2D eigenvalue weighted by Crippen LogP contribution is -2.39. The third-order valence-electron chi connectivity index (χ3n) is 4.43. The van der Waals surface area contributed by atoms with Crippen LogP contribution >= 0.6 is 0 Å². The maximum Gasteiger partial charge on any atom is 0.144 e. The molecule has 0 aromatic carbocycles. The molecule has 98 valence electrons. The number of aromatic nitrogens is 2. The monoisotopic (exact) mass is 246 g/mol. The van der Waals surface area contributed by atoms with Crippen LogP contribution in [0.25, 0.3) is 0 Å². The van der Waals surface area contributed by atoms with Gasteiger partial charge in [0.2, 0.25) is 0 Å². The van der Waals surface area contributed by atoms with Gasteiger partial charge in [0.25, 0.3) is 0 Å². The molecule has 1 aromatic heterocycles. The highest BCUT2D eigenvalue weighted by molar-refractivity contribution is 5.57. The van der Waals surface area contributed by atoms with Crippen molar-refractivity contribution in [1.82, 2.24) is 9.78 Å². The maximum atomic E-state index is 9.26. The van der Waals surface area contributed by atoms with Crippen molar-refractivity contribution in [2.24, 2.45) is 12.5 Å². The average Bonchev–Trinajstić information content (AvgIpc) is 2.65. The number of piperidine rings is 1. The second-order valence-electron chi connectivity index (χ2n) is 5.67. The van der Waals surface area contributed by atoms with E-state index >= 15 is 0 Å². The molecular weight excluding hydrogens is 224 g/mol. The molecule has 0 amide bonds. The van der Waals surface area contributed by atoms with Crippen molar-refractivity contribution in [2.75, 3.05) is 18.0 Å². The van der Waals surface area contributed by atoms with Crippen molar-refractivity contribution in [1.29, 1.82) is 5.26 Å². The number of rotatable bonds is 2. The molecule has 4 heteroatoms. The SMILES string of the molecule is CCC1(C)CCN(c2c(C#N)c(C)nn2C)CC1. The highest BCUT2D eigenvalue weighted by atomic mass is 15.4. The fourth-order valence-electron chi connectivity index (χ4n) is 2.75. The van der Waals surface area contributed by atoms with Crippen molar-refractivity contribution < 1.29 is 0 Å². The Morgan fingerprint density at radius 3 is 2.50 bits per heavy atom. The van der Waals surface area contributed by atoms with Gasteiger partial charge in [-0.1, -0.05) is 20.3 Å². The van der Waals surface area contributed by atoms with Crippen LogP contribution in [0, 0.1) is 23.7 Å². The molecule has 1 aliphatic rings. The minimum absolute atomic E-state index is 0.469. The molecule has 1 fully saturated rings. The Hall–Kier alpha value is -1.50. The average molecular weight is 246 g/mol. The highest BCUT2D eigenvalue weighted by Crippen LogP contribution is 2.36. The number of nitrogens with zero attached hydrogens (tertiary/aromatic N) is 4. The van der Waals surface area contributed by atoms with Gasteiger partial charge in [0.1, 0.15) is 17.5 Å². The molecule has 0 atom stereocenters. The van der Waals surface area contributed by atoms with Crippen LogP contribution < -0.4 is 4.90 Å². The zero-order valence-electron chi connectivity index (χ0n) is 11.8. The lowest BCUT2D eigenvalue weighted by molar-refractivity contribution is 0.237. The van der Waals surface area contributed by atoms with Crippen LogP contribution in [-0.4, -0.2) is 22.9 Å². The number of hydrogen-bond acceptors (Lipinski definition) is 3. The molecule has 1 saturated heterocycles. The Labute approximate surface area is 109 Å². The predicted molar refractivity (Wildman–Crippen MR) is 72.5 cm³/mol. The molecule has 0 spiro atoms. The molecule has 0 radical (unpaired) electrons. The lowest BCUT2D eigenvalue weighted by Gasteiger charge is -2.39. The van der Waals surface area contributed by atoms with Crippen LogP contribution in [0.5, 0.6) is 0 Å². The quantitative estimate of drug-likeness (QED) is 0.805. The van der Waals surface area contributed by atoms with Crippen molar-refractivity contribution in [2.45, 2.75) is 40.0 Å². The summed E-state index contributed by atoms with van der Waals surface area (Å²) in [7, 11) is 1.93. The van der Waals surface area contributed by atoms with E-state index in [1.807, 2.05) is 18.7 Å². The molecule has 1 aliphatic heterocycles. The molecule has 0 saturated carbocycles. The molecule has 1 aromatic rings. The van der Waals surface area contributed by atoms with Gasteiger partial charge in [-0.15, -0.1) is 0 Å². The number of hydrogen-bond donors (Lipinski definition) is 0. The van der Waals surface area contributed by atoms with Crippen LogP contribution in [0.2, 0.25) is 0 Å². The number of aryl methyl sites for hydroxylation is 2. The summed E-state index contributed by atoms with van der Waals surface area (Å²) in [5.74, 6) is 0.994. The van der Waals surface area contributed by atoms with Crippen molar-refractivity contribution in [3.05, 3.63) is 11.3 Å². The smallest absolute Gasteiger partial charge is 0.144 e. The van der Waals surface area contributed by atoms with Gasteiger partial charge in [-0.3, -0.25) is 4.68 Å². The zero-order valence-corrected chi connectivity index (χ0v) is 11.8. The van der Waals surface area contributed by atoms with Gasteiger partial charge in [0.15, 0.2) is 0 Å². The first-order chi connectivity index (χ1) is 8.50. The largest absolute Gasteiger partial charge is 0.356 e. The summed E-state index contributed by atoms with van der Waals surface area (Å²) in [6, 6.07) is 2.29. The predicted octanol–water partition coefficient (Wildman–Crippen LogP) is 2.62. The standard InChI is InChI=1S/C14H22N4/c1-5-14(3)6-8-18(9-7-14)13-12(10-15)11(2)16-17(13)4/h5-9H2,1-4H3. The number of anilines is 1. The van der Waals surface area contributed by atoms with Crippen molar-refractivity contribution >= 4 is 5.82 Å². The van der Waals surface area contributed by atoms with E-state index < -0.39 is 0 Å². The molecule has 0 unspecified atom stereocenters. The molecule has 18 heavy (non-hydrogen) atoms. The normalized spacial score (nSPS) is 18.7. The van der Waals surface area contributed by atoms with Gasteiger partial charge in [-0.2, -0.15) is 10.4 Å². The second-order valence-corrected chi connectivity index (χ2v) is 5.67. The fourth-order valence-corrected chi connectivity index (χ4v) is 2.75. The van der Waals surface area contributed by atoms with Crippen LogP contribution in [0.1, 0.15) is 44.4 Å². The van der Waals surface area contributed by atoms with E-state index in [0.717, 1.165) is 30.2 Å². The van der Waals surface area contributed by atoms with E-state index in [1.165, 1.54) is 19.3 Å². The van der Waals surface area contributed by atoms with E-state index in [9.17, 15) is 5.26 Å². The van der Waals surface area contributed by atoms with Gasteiger partial charge in [0, 0.05) is 20.1 Å². The summed E-state index contributed by atoms with van der Waals surface area (Å²) < 4.78 is 1.85. The zero-order chi connectivity index (χ0) is 13.3. The topological polar surface area (TPSA) is 44.9 Å². The van der Waals surface area contributed by atoms with Gasteiger partial charge in [0.05, 0.1) is 5.69 Å². The number of nitriles is 1.